The second-order valence-electron chi connectivity index (χ2n) is 17.6. The molecule has 2 saturated carbocycles. The van der Waals surface area contributed by atoms with E-state index in [2.05, 4.69) is 167 Å². The molecule has 2 heterocycles. The van der Waals surface area contributed by atoms with Crippen molar-refractivity contribution in [3.05, 3.63) is 150 Å². The molecule has 53 heavy (non-hydrogen) atoms. The third-order valence-corrected chi connectivity index (χ3v) is 18.6. The number of ether oxygens (including phenoxy) is 1. The average Bonchev–Trinajstić information content (AvgIpc) is 3.87. The van der Waals surface area contributed by atoms with Crippen LogP contribution in [-0.4, -0.2) is 22.6 Å². The molecule has 0 amide bonds. The van der Waals surface area contributed by atoms with E-state index in [0.29, 0.717) is 29.8 Å². The smallest absolute Gasteiger partial charge is 0.219 e. The van der Waals surface area contributed by atoms with Gasteiger partial charge in [0, 0.05) is 6.23 Å². The van der Waals surface area contributed by atoms with Crippen LogP contribution in [0, 0.1) is 35.5 Å². The van der Waals surface area contributed by atoms with E-state index in [1.807, 2.05) is 0 Å². The van der Waals surface area contributed by atoms with Gasteiger partial charge in [0.15, 0.2) is 0 Å². The van der Waals surface area contributed by atoms with Gasteiger partial charge in [0.05, 0.1) is 12.2 Å². The Morgan fingerprint density at radius 3 is 2.04 bits per heavy atom. The number of allylic oxidation sites excluding steroid dienone is 2. The fourth-order valence-corrected chi connectivity index (χ4v) is 15.0. The predicted molar refractivity (Wildman–Crippen MR) is 230 cm³/mol. The summed E-state index contributed by atoms with van der Waals surface area (Å²) in [7, 11) is -3.22. The van der Waals surface area contributed by atoms with Crippen LogP contribution in [0.1, 0.15) is 79.9 Å². The average molecular weight is 739 g/mol. The minimum absolute atomic E-state index is 0.220. The summed E-state index contributed by atoms with van der Waals surface area (Å²) in [6.45, 7) is 16.0. The van der Waals surface area contributed by atoms with Crippen molar-refractivity contribution < 1.29 is 9.16 Å². The SMILES string of the molecule is C=CC1CC(/C=C/c2ccccc2)C(C2OC[Si](C)(C)c3ccccc32)C1.CCC1CC(CCc2ccccc2)C(C2O[Si](C)(C)c3ccccc32)C1. The second-order valence-corrected chi connectivity index (χ2v) is 26.0. The molecule has 8 rings (SSSR count). The first-order valence-corrected chi connectivity index (χ1v) is 26.7. The van der Waals surface area contributed by atoms with Gasteiger partial charge >= 0.3 is 0 Å². The van der Waals surface area contributed by atoms with E-state index >= 15 is 0 Å². The lowest BCUT2D eigenvalue weighted by atomic mass is 9.83. The van der Waals surface area contributed by atoms with E-state index in [1.54, 1.807) is 5.19 Å². The summed E-state index contributed by atoms with van der Waals surface area (Å²) in [5, 5.41) is 3.13. The van der Waals surface area contributed by atoms with Crippen LogP contribution in [0.2, 0.25) is 26.2 Å². The van der Waals surface area contributed by atoms with Gasteiger partial charge in [-0.1, -0.05) is 159 Å². The van der Waals surface area contributed by atoms with Crippen LogP contribution in [0.4, 0.5) is 0 Å². The van der Waals surface area contributed by atoms with E-state index in [1.165, 1.54) is 72.4 Å². The Morgan fingerprint density at radius 1 is 0.698 bits per heavy atom. The molecule has 4 aliphatic rings. The zero-order chi connectivity index (χ0) is 37.0. The maximum Gasteiger partial charge on any atom is 0.219 e. The molecule has 0 N–H and O–H groups in total. The number of benzene rings is 4. The summed E-state index contributed by atoms with van der Waals surface area (Å²) >= 11 is 0. The van der Waals surface area contributed by atoms with Gasteiger partial charge in [0.1, 0.15) is 8.07 Å². The summed E-state index contributed by atoms with van der Waals surface area (Å²) in [4.78, 5) is 0. The number of aryl methyl sites for hydroxylation is 1. The normalized spacial score (nSPS) is 29.6. The van der Waals surface area contributed by atoms with Crippen molar-refractivity contribution in [2.45, 2.75) is 90.3 Å². The third-order valence-electron chi connectivity index (χ3n) is 13.2. The van der Waals surface area contributed by atoms with Gasteiger partial charge in [-0.2, -0.15) is 0 Å². The van der Waals surface area contributed by atoms with Crippen molar-refractivity contribution in [3.8, 4) is 0 Å². The Hall–Kier alpha value is -3.29. The molecule has 2 aliphatic heterocycles. The number of hydrogen-bond donors (Lipinski definition) is 0. The van der Waals surface area contributed by atoms with E-state index < -0.39 is 16.4 Å². The molecule has 2 fully saturated rings. The molecule has 0 bridgehead atoms. The van der Waals surface area contributed by atoms with Gasteiger partial charge in [-0.25, -0.2) is 0 Å². The Balaban J connectivity index is 0.000000164. The van der Waals surface area contributed by atoms with Crippen LogP contribution in [0.15, 0.2) is 128 Å². The van der Waals surface area contributed by atoms with E-state index in [9.17, 15) is 0 Å². The molecule has 4 aromatic carbocycles. The van der Waals surface area contributed by atoms with Crippen LogP contribution in [-0.2, 0) is 15.6 Å². The molecule has 4 aromatic rings. The van der Waals surface area contributed by atoms with Gasteiger partial charge < -0.3 is 9.16 Å². The van der Waals surface area contributed by atoms with Gasteiger partial charge in [0.25, 0.3) is 0 Å². The zero-order valence-corrected chi connectivity index (χ0v) is 34.9. The quantitative estimate of drug-likeness (QED) is 0.126. The van der Waals surface area contributed by atoms with Crippen LogP contribution in [0.5, 0.6) is 0 Å². The Bertz CT molecular complexity index is 1830. The first-order valence-electron chi connectivity index (χ1n) is 20.5. The van der Waals surface area contributed by atoms with Gasteiger partial charge in [0.2, 0.25) is 8.32 Å². The fourth-order valence-electron chi connectivity index (χ4n) is 10.3. The summed E-state index contributed by atoms with van der Waals surface area (Å²) in [6.07, 6.45) is 17.3. The van der Waals surface area contributed by atoms with Crippen molar-refractivity contribution in [1.82, 2.24) is 0 Å². The molecule has 0 radical (unpaired) electrons. The molecule has 0 spiro atoms. The molecule has 8 atom stereocenters. The third kappa shape index (κ3) is 8.52. The van der Waals surface area contributed by atoms with Crippen molar-refractivity contribution >= 4 is 32.8 Å². The monoisotopic (exact) mass is 738 g/mol. The Morgan fingerprint density at radius 2 is 1.34 bits per heavy atom. The first-order chi connectivity index (χ1) is 25.7. The molecule has 0 saturated heterocycles. The minimum atomic E-state index is -1.74. The standard InChI is InChI=1S/C25H30OSi.C24H32OSi/c1-4-19-16-21(15-14-20-10-6-5-7-11-20)23(17-19)25-22-12-8-9-13-24(22)27(2,3)18-26-25;1-4-18-16-20(15-14-19-10-6-5-7-11-19)22(17-18)24-21-12-8-9-13-23(21)26(2,3)25-24/h4-15,19,21,23,25H,1,16-18H2,2-3H3;5-13,18,20,22,24H,4,14-17H2,1-3H3/b15-14+;. The first kappa shape index (κ1) is 38.0. The van der Waals surface area contributed by atoms with Crippen molar-refractivity contribution in [1.29, 1.82) is 0 Å². The van der Waals surface area contributed by atoms with E-state index in [-0.39, 0.29) is 6.10 Å². The summed E-state index contributed by atoms with van der Waals surface area (Å²) in [6, 6.07) is 39.7. The van der Waals surface area contributed by atoms with Crippen LogP contribution < -0.4 is 10.4 Å². The predicted octanol–water partition coefficient (Wildman–Crippen LogP) is 11.6. The highest BCUT2D eigenvalue weighted by Crippen LogP contribution is 2.51. The maximum absolute atomic E-state index is 6.82. The lowest BCUT2D eigenvalue weighted by Crippen LogP contribution is -2.53. The molecular weight excluding hydrogens is 677 g/mol. The Kier molecular flexibility index (Phi) is 11.9. The number of rotatable bonds is 9. The molecule has 278 valence electrons. The van der Waals surface area contributed by atoms with Crippen LogP contribution in [0.3, 0.4) is 0 Å². The minimum Gasteiger partial charge on any atom is -0.406 e. The van der Waals surface area contributed by atoms with Gasteiger partial charge in [-0.15, -0.1) is 6.58 Å². The highest BCUT2D eigenvalue weighted by Gasteiger charge is 2.48. The topological polar surface area (TPSA) is 18.5 Å². The van der Waals surface area contributed by atoms with Crippen molar-refractivity contribution in [2.75, 3.05) is 6.23 Å². The second kappa shape index (κ2) is 16.6. The number of hydrogen-bond acceptors (Lipinski definition) is 2. The van der Waals surface area contributed by atoms with Crippen LogP contribution in [0.25, 0.3) is 6.08 Å². The molecule has 4 heteroatoms. The van der Waals surface area contributed by atoms with E-state index in [0.717, 1.165) is 18.1 Å². The van der Waals surface area contributed by atoms with Crippen LogP contribution >= 0.6 is 0 Å². The molecule has 0 aromatic heterocycles. The Labute approximate surface area is 322 Å². The summed E-state index contributed by atoms with van der Waals surface area (Å²) in [5.41, 5.74) is 5.72. The lowest BCUT2D eigenvalue weighted by Gasteiger charge is -2.39. The van der Waals surface area contributed by atoms with E-state index in [4.69, 9.17) is 9.16 Å². The highest BCUT2D eigenvalue weighted by atomic mass is 28.4. The summed E-state index contributed by atoms with van der Waals surface area (Å²) in [5.74, 6) is 4.01. The largest absolute Gasteiger partial charge is 0.406 e. The molecule has 2 aliphatic carbocycles. The zero-order valence-electron chi connectivity index (χ0n) is 32.9. The highest BCUT2D eigenvalue weighted by molar-refractivity contribution is 6.90. The summed E-state index contributed by atoms with van der Waals surface area (Å²) < 4.78 is 13.4. The van der Waals surface area contributed by atoms with Crippen molar-refractivity contribution in [3.63, 3.8) is 0 Å². The molecule has 8 unspecified atom stereocenters. The van der Waals surface area contributed by atoms with Gasteiger partial charge in [-0.05, 0) is 115 Å². The molecule has 2 nitrogen and oxygen atoms in total. The lowest BCUT2D eigenvalue weighted by molar-refractivity contribution is 0.0234. The fraction of sp³-hybridized carbons (Fsp3) is 0.429. The molecular formula is C49H62O2Si2. The number of fused-ring (bicyclic) bond motifs is 2. The maximum atomic E-state index is 6.82. The van der Waals surface area contributed by atoms with Gasteiger partial charge in [-0.3, -0.25) is 0 Å². The van der Waals surface area contributed by atoms with Crippen molar-refractivity contribution in [2.24, 2.45) is 35.5 Å².